The lowest BCUT2D eigenvalue weighted by atomic mass is 9.97. The topological polar surface area (TPSA) is 73.3 Å². The number of methoxy groups -OCH3 is 1. The SMILES string of the molecule is COC(=O)c1ccc(NC2CCOC(c3ccccc3)C2)nn1. The Labute approximate surface area is 134 Å². The first-order valence-electron chi connectivity index (χ1n) is 7.61. The summed E-state index contributed by atoms with van der Waals surface area (Å²) >= 11 is 0. The van der Waals surface area contributed by atoms with Crippen molar-refractivity contribution in [2.45, 2.75) is 25.0 Å². The molecule has 2 heterocycles. The molecule has 120 valence electrons. The zero-order valence-corrected chi connectivity index (χ0v) is 12.9. The summed E-state index contributed by atoms with van der Waals surface area (Å²) in [6.07, 6.45) is 1.86. The van der Waals surface area contributed by atoms with Gasteiger partial charge in [0.15, 0.2) is 5.69 Å². The van der Waals surface area contributed by atoms with E-state index in [0.29, 0.717) is 12.4 Å². The lowest BCUT2D eigenvalue weighted by Crippen LogP contribution is -2.30. The zero-order chi connectivity index (χ0) is 16.1. The Balaban J connectivity index is 1.62. The third-order valence-corrected chi connectivity index (χ3v) is 3.87. The minimum Gasteiger partial charge on any atom is -0.464 e. The van der Waals surface area contributed by atoms with Gasteiger partial charge in [0.25, 0.3) is 0 Å². The highest BCUT2D eigenvalue weighted by Crippen LogP contribution is 2.29. The van der Waals surface area contributed by atoms with Gasteiger partial charge in [-0.25, -0.2) is 4.79 Å². The molecule has 0 radical (unpaired) electrons. The maximum absolute atomic E-state index is 11.4. The van der Waals surface area contributed by atoms with Crippen molar-refractivity contribution in [1.29, 1.82) is 0 Å². The van der Waals surface area contributed by atoms with Gasteiger partial charge in [-0.1, -0.05) is 30.3 Å². The number of aromatic nitrogens is 2. The van der Waals surface area contributed by atoms with Gasteiger partial charge >= 0.3 is 5.97 Å². The van der Waals surface area contributed by atoms with Crippen LogP contribution in [0.4, 0.5) is 5.82 Å². The molecule has 1 aliphatic heterocycles. The van der Waals surface area contributed by atoms with Crippen LogP contribution in [0.5, 0.6) is 0 Å². The van der Waals surface area contributed by atoms with Crippen LogP contribution in [0, 0.1) is 0 Å². The Hall–Kier alpha value is -2.47. The highest BCUT2D eigenvalue weighted by molar-refractivity contribution is 5.86. The summed E-state index contributed by atoms with van der Waals surface area (Å²) in [5.41, 5.74) is 1.39. The number of esters is 1. The molecule has 0 spiro atoms. The number of hydrogen-bond donors (Lipinski definition) is 1. The lowest BCUT2D eigenvalue weighted by Gasteiger charge is -2.30. The minimum atomic E-state index is -0.487. The highest BCUT2D eigenvalue weighted by atomic mass is 16.5. The highest BCUT2D eigenvalue weighted by Gasteiger charge is 2.24. The number of carbonyl (C=O) groups is 1. The number of nitrogens with one attached hydrogen (secondary N) is 1. The molecule has 6 nitrogen and oxygen atoms in total. The molecule has 6 heteroatoms. The van der Waals surface area contributed by atoms with Gasteiger partial charge in [-0.05, 0) is 30.5 Å². The monoisotopic (exact) mass is 313 g/mol. The summed E-state index contributed by atoms with van der Waals surface area (Å²) in [5.74, 6) is 0.163. The van der Waals surface area contributed by atoms with Crippen molar-refractivity contribution in [1.82, 2.24) is 10.2 Å². The molecule has 1 aliphatic rings. The molecule has 0 aliphatic carbocycles. The Morgan fingerprint density at radius 3 is 2.74 bits per heavy atom. The number of ether oxygens (including phenoxy) is 2. The summed E-state index contributed by atoms with van der Waals surface area (Å²) in [5, 5.41) is 11.3. The molecule has 2 unspecified atom stereocenters. The van der Waals surface area contributed by atoms with Crippen molar-refractivity contribution < 1.29 is 14.3 Å². The lowest BCUT2D eigenvalue weighted by molar-refractivity contribution is 0.00973. The van der Waals surface area contributed by atoms with Gasteiger partial charge in [0.1, 0.15) is 5.82 Å². The van der Waals surface area contributed by atoms with E-state index in [9.17, 15) is 4.79 Å². The van der Waals surface area contributed by atoms with Crippen molar-refractivity contribution in [2.24, 2.45) is 0 Å². The van der Waals surface area contributed by atoms with Crippen LogP contribution in [-0.4, -0.2) is 35.9 Å². The number of anilines is 1. The Kier molecular flexibility index (Phi) is 4.83. The smallest absolute Gasteiger partial charge is 0.358 e. The predicted molar refractivity (Wildman–Crippen MR) is 85.2 cm³/mol. The second kappa shape index (κ2) is 7.19. The van der Waals surface area contributed by atoms with Gasteiger partial charge in [-0.2, -0.15) is 0 Å². The van der Waals surface area contributed by atoms with Gasteiger partial charge in [0.2, 0.25) is 0 Å². The molecule has 0 saturated carbocycles. The van der Waals surface area contributed by atoms with Gasteiger partial charge in [0, 0.05) is 12.6 Å². The fourth-order valence-electron chi connectivity index (χ4n) is 2.66. The van der Waals surface area contributed by atoms with Crippen molar-refractivity contribution in [3.05, 3.63) is 53.7 Å². The molecule has 1 aromatic carbocycles. The molecule has 3 rings (SSSR count). The zero-order valence-electron chi connectivity index (χ0n) is 12.9. The molecular weight excluding hydrogens is 294 g/mol. The molecule has 23 heavy (non-hydrogen) atoms. The van der Waals surface area contributed by atoms with E-state index in [1.165, 1.54) is 12.7 Å². The number of benzene rings is 1. The third kappa shape index (κ3) is 3.84. The second-order valence-electron chi connectivity index (χ2n) is 5.43. The Morgan fingerprint density at radius 2 is 2.04 bits per heavy atom. The van der Waals surface area contributed by atoms with Crippen LogP contribution in [0.15, 0.2) is 42.5 Å². The van der Waals surface area contributed by atoms with Gasteiger partial charge < -0.3 is 14.8 Å². The Bertz CT molecular complexity index is 646. The molecule has 2 aromatic rings. The van der Waals surface area contributed by atoms with E-state index in [0.717, 1.165) is 12.8 Å². The van der Waals surface area contributed by atoms with Crippen molar-refractivity contribution in [2.75, 3.05) is 19.0 Å². The van der Waals surface area contributed by atoms with Gasteiger partial charge in [-0.3, -0.25) is 0 Å². The molecule has 1 aromatic heterocycles. The van der Waals surface area contributed by atoms with Crippen molar-refractivity contribution in [3.8, 4) is 0 Å². The first kappa shape index (κ1) is 15.4. The van der Waals surface area contributed by atoms with Crippen LogP contribution in [0.2, 0.25) is 0 Å². The largest absolute Gasteiger partial charge is 0.464 e. The maximum atomic E-state index is 11.4. The maximum Gasteiger partial charge on any atom is 0.358 e. The van der Waals surface area contributed by atoms with E-state index in [-0.39, 0.29) is 17.8 Å². The molecule has 1 saturated heterocycles. The Morgan fingerprint density at radius 1 is 1.22 bits per heavy atom. The van der Waals surface area contributed by atoms with Gasteiger partial charge in [0.05, 0.1) is 13.2 Å². The average Bonchev–Trinajstić information content (AvgIpc) is 2.63. The minimum absolute atomic E-state index is 0.0877. The summed E-state index contributed by atoms with van der Waals surface area (Å²) in [6.45, 7) is 0.699. The summed E-state index contributed by atoms with van der Waals surface area (Å²) in [4.78, 5) is 11.4. The van der Waals surface area contributed by atoms with Gasteiger partial charge in [-0.15, -0.1) is 10.2 Å². The number of hydrogen-bond acceptors (Lipinski definition) is 6. The average molecular weight is 313 g/mol. The number of carbonyl (C=O) groups excluding carboxylic acids is 1. The quantitative estimate of drug-likeness (QED) is 0.875. The summed E-state index contributed by atoms with van der Waals surface area (Å²) < 4.78 is 10.5. The van der Waals surface area contributed by atoms with Crippen LogP contribution < -0.4 is 5.32 Å². The standard InChI is InChI=1S/C17H19N3O3/c1-22-17(21)14-7-8-16(20-19-14)18-13-9-10-23-15(11-13)12-5-3-2-4-6-12/h2-8,13,15H,9-11H2,1H3,(H,18,20). The van der Waals surface area contributed by atoms with Crippen molar-refractivity contribution in [3.63, 3.8) is 0 Å². The van der Waals surface area contributed by atoms with E-state index >= 15 is 0 Å². The van der Waals surface area contributed by atoms with E-state index in [4.69, 9.17) is 4.74 Å². The van der Waals surface area contributed by atoms with Crippen LogP contribution in [-0.2, 0) is 9.47 Å². The molecule has 1 N–H and O–H groups in total. The summed E-state index contributed by atoms with van der Waals surface area (Å²) in [7, 11) is 1.32. The first-order valence-corrected chi connectivity index (χ1v) is 7.61. The number of nitrogens with zero attached hydrogens (tertiary/aromatic N) is 2. The van der Waals surface area contributed by atoms with E-state index in [1.54, 1.807) is 12.1 Å². The van der Waals surface area contributed by atoms with Crippen LogP contribution >= 0.6 is 0 Å². The number of rotatable bonds is 4. The second-order valence-corrected chi connectivity index (χ2v) is 5.43. The normalized spacial score (nSPS) is 20.7. The first-order chi connectivity index (χ1) is 11.3. The van der Waals surface area contributed by atoms with E-state index in [1.807, 2.05) is 18.2 Å². The fourth-order valence-corrected chi connectivity index (χ4v) is 2.66. The van der Waals surface area contributed by atoms with Crippen molar-refractivity contribution >= 4 is 11.8 Å². The summed E-state index contributed by atoms with van der Waals surface area (Å²) in [6, 6.07) is 13.8. The van der Waals surface area contributed by atoms with E-state index < -0.39 is 5.97 Å². The van der Waals surface area contributed by atoms with E-state index in [2.05, 4.69) is 32.4 Å². The fraction of sp³-hybridized carbons (Fsp3) is 0.353. The van der Waals surface area contributed by atoms with Crippen LogP contribution in [0.1, 0.15) is 35.0 Å². The van der Waals surface area contributed by atoms with Crippen LogP contribution in [0.3, 0.4) is 0 Å². The molecule has 1 fully saturated rings. The molecule has 0 amide bonds. The predicted octanol–water partition coefficient (Wildman–Crippen LogP) is 2.60. The molecule has 0 bridgehead atoms. The molecular formula is C17H19N3O3. The third-order valence-electron chi connectivity index (χ3n) is 3.87. The molecule has 2 atom stereocenters. The van der Waals surface area contributed by atoms with Crippen LogP contribution in [0.25, 0.3) is 0 Å².